The zero-order valence-corrected chi connectivity index (χ0v) is 8.04. The Hall–Kier alpha value is -1.23. The highest BCUT2D eigenvalue weighted by molar-refractivity contribution is 8.01. The molecule has 1 aliphatic rings. The number of carbonyl (C=O) groups excluding carboxylic acids is 1. The van der Waals surface area contributed by atoms with Crippen molar-refractivity contribution >= 4 is 21.2 Å². The van der Waals surface area contributed by atoms with Gasteiger partial charge < -0.3 is 0 Å². The molecule has 0 N–H and O–H groups in total. The monoisotopic (exact) mass is 195 g/mol. The van der Waals surface area contributed by atoms with Crippen molar-refractivity contribution < 1.29 is 4.79 Å². The predicted molar refractivity (Wildman–Crippen MR) is 52.9 cm³/mol. The zero-order valence-electron chi connectivity index (χ0n) is 7.23. The molecule has 0 fully saturated rings. The predicted octanol–water partition coefficient (Wildman–Crippen LogP) is 0.530. The number of carbonyl (C=O) groups is 1. The fourth-order valence-electron chi connectivity index (χ4n) is 1.26. The summed E-state index contributed by atoms with van der Waals surface area (Å²) in [6.07, 6.45) is 3.50. The van der Waals surface area contributed by atoms with Crippen LogP contribution in [-0.2, 0) is 15.2 Å². The third-order valence-corrected chi connectivity index (χ3v) is 3.32. The Kier molecular flexibility index (Phi) is 1.69. The molecule has 1 amide bonds. The van der Waals surface area contributed by atoms with Gasteiger partial charge in [0.2, 0.25) is 0 Å². The van der Waals surface area contributed by atoms with Crippen LogP contribution in [0, 0.1) is 0 Å². The average molecular weight is 195 g/mol. The lowest BCUT2D eigenvalue weighted by atomic mass is 10.2. The van der Waals surface area contributed by atoms with Gasteiger partial charge in [-0.25, -0.2) is 0 Å². The molecule has 0 bridgehead atoms. The van der Waals surface area contributed by atoms with E-state index in [2.05, 4.69) is 20.4 Å². The van der Waals surface area contributed by atoms with Gasteiger partial charge in [-0.1, -0.05) is 5.87 Å². The molecule has 0 saturated carbocycles. The molecule has 13 heavy (non-hydrogen) atoms. The summed E-state index contributed by atoms with van der Waals surface area (Å²) in [6.45, 7) is 0. The van der Waals surface area contributed by atoms with Gasteiger partial charge in [-0.2, -0.15) is 9.46 Å². The summed E-state index contributed by atoms with van der Waals surface area (Å²) in [5.74, 6) is 4.38. The molecule has 4 nitrogen and oxygen atoms in total. The molecular weight excluding hydrogens is 186 g/mol. The minimum absolute atomic E-state index is 0.276. The Bertz CT molecular complexity index is 486. The first-order valence-electron chi connectivity index (χ1n) is 3.75. The van der Waals surface area contributed by atoms with Crippen molar-refractivity contribution in [3.05, 3.63) is 23.5 Å². The maximum atomic E-state index is 11.4. The van der Waals surface area contributed by atoms with Gasteiger partial charge in [0.15, 0.2) is 5.69 Å². The summed E-state index contributed by atoms with van der Waals surface area (Å²) < 4.78 is 3.99. The lowest BCUT2D eigenvalue weighted by Gasteiger charge is -2.15. The number of aromatic nitrogens is 2. The van der Waals surface area contributed by atoms with Crippen molar-refractivity contribution in [1.82, 2.24) is 10.2 Å². The van der Waals surface area contributed by atoms with Crippen molar-refractivity contribution in [2.75, 3.05) is 6.26 Å². The SMILES string of the molecule is C=S1(C)=NC(=O)c2nnccc2C1. The number of fused-ring (bicyclic) bond motifs is 1. The third-order valence-electron chi connectivity index (χ3n) is 1.78. The molecule has 0 spiro atoms. The van der Waals surface area contributed by atoms with Crippen LogP contribution in [0.4, 0.5) is 0 Å². The van der Waals surface area contributed by atoms with E-state index in [-0.39, 0.29) is 5.91 Å². The van der Waals surface area contributed by atoms with E-state index in [1.807, 2.05) is 12.3 Å². The van der Waals surface area contributed by atoms with E-state index < -0.39 is 9.41 Å². The minimum Gasteiger partial charge on any atom is -0.264 e. The van der Waals surface area contributed by atoms with Gasteiger partial charge in [0, 0.05) is 11.9 Å². The highest BCUT2D eigenvalue weighted by Gasteiger charge is 2.19. The van der Waals surface area contributed by atoms with Crippen molar-refractivity contribution in [2.45, 2.75) is 5.75 Å². The summed E-state index contributed by atoms with van der Waals surface area (Å²) >= 11 is 0. The molecule has 0 aromatic carbocycles. The first-order chi connectivity index (χ1) is 6.08. The van der Waals surface area contributed by atoms with Crippen molar-refractivity contribution in [1.29, 1.82) is 0 Å². The van der Waals surface area contributed by atoms with E-state index in [4.69, 9.17) is 0 Å². The van der Waals surface area contributed by atoms with E-state index in [0.29, 0.717) is 5.69 Å². The van der Waals surface area contributed by atoms with Crippen LogP contribution in [0.2, 0.25) is 0 Å². The van der Waals surface area contributed by atoms with Crippen molar-refractivity contribution in [3.8, 4) is 0 Å². The highest BCUT2D eigenvalue weighted by Crippen LogP contribution is 2.17. The Morgan fingerprint density at radius 1 is 1.62 bits per heavy atom. The molecule has 0 radical (unpaired) electrons. The molecule has 0 aliphatic carbocycles. The lowest BCUT2D eigenvalue weighted by Crippen LogP contribution is -2.17. The fourth-order valence-corrected chi connectivity index (χ4v) is 2.72. The van der Waals surface area contributed by atoms with Crippen LogP contribution >= 0.6 is 0 Å². The standard InChI is InChI=1S/C8H9N3OS/c1-13(2)5-6-3-4-9-10-7(6)8(12)11-13/h3-4H,1,5H2,2H3. The summed E-state index contributed by atoms with van der Waals surface area (Å²) in [4.78, 5) is 11.4. The van der Waals surface area contributed by atoms with Gasteiger partial charge in [-0.15, -0.1) is 14.5 Å². The molecule has 5 heteroatoms. The second-order valence-electron chi connectivity index (χ2n) is 3.17. The fraction of sp³-hybridized carbons (Fsp3) is 0.250. The van der Waals surface area contributed by atoms with E-state index >= 15 is 0 Å². The summed E-state index contributed by atoms with van der Waals surface area (Å²) in [6, 6.07) is 1.81. The summed E-state index contributed by atoms with van der Waals surface area (Å²) in [5.41, 5.74) is 1.30. The maximum Gasteiger partial charge on any atom is 0.303 e. The molecule has 1 unspecified atom stereocenters. The van der Waals surface area contributed by atoms with E-state index in [9.17, 15) is 4.79 Å². The van der Waals surface area contributed by atoms with Gasteiger partial charge in [-0.3, -0.25) is 4.79 Å². The lowest BCUT2D eigenvalue weighted by molar-refractivity contribution is 0.0997. The van der Waals surface area contributed by atoms with E-state index in [1.165, 1.54) is 0 Å². The zero-order chi connectivity index (χ0) is 9.47. The van der Waals surface area contributed by atoms with Crippen LogP contribution in [-0.4, -0.2) is 28.2 Å². The smallest absolute Gasteiger partial charge is 0.264 e. The molecule has 68 valence electrons. The molecule has 1 atom stereocenters. The highest BCUT2D eigenvalue weighted by atomic mass is 32.2. The van der Waals surface area contributed by atoms with Crippen LogP contribution in [0.1, 0.15) is 16.1 Å². The van der Waals surface area contributed by atoms with Crippen LogP contribution in [0.25, 0.3) is 0 Å². The van der Waals surface area contributed by atoms with Gasteiger partial charge >= 0.3 is 5.91 Å². The van der Waals surface area contributed by atoms with Crippen molar-refractivity contribution in [2.24, 2.45) is 4.36 Å². The molecule has 1 aromatic rings. The Morgan fingerprint density at radius 2 is 2.38 bits per heavy atom. The molecule has 0 saturated heterocycles. The second kappa shape index (κ2) is 2.63. The van der Waals surface area contributed by atoms with Crippen LogP contribution in [0.3, 0.4) is 0 Å². The van der Waals surface area contributed by atoms with Gasteiger partial charge in [-0.05, 0) is 17.9 Å². The number of nitrogens with zero attached hydrogens (tertiary/aromatic N) is 3. The maximum absolute atomic E-state index is 11.4. The third kappa shape index (κ3) is 1.47. The molecule has 2 heterocycles. The van der Waals surface area contributed by atoms with Crippen molar-refractivity contribution in [3.63, 3.8) is 0 Å². The summed E-state index contributed by atoms with van der Waals surface area (Å²) in [5, 5.41) is 7.41. The van der Waals surface area contributed by atoms with Gasteiger partial charge in [0.1, 0.15) is 0 Å². The quantitative estimate of drug-likeness (QED) is 0.567. The Balaban J connectivity index is 2.66. The Labute approximate surface area is 76.7 Å². The molecule has 1 aromatic heterocycles. The number of rotatable bonds is 0. The number of amides is 1. The second-order valence-corrected chi connectivity index (χ2v) is 6.08. The van der Waals surface area contributed by atoms with Gasteiger partial charge in [0.25, 0.3) is 0 Å². The van der Waals surface area contributed by atoms with E-state index in [1.54, 1.807) is 6.20 Å². The Morgan fingerprint density at radius 3 is 3.15 bits per heavy atom. The van der Waals surface area contributed by atoms with Crippen LogP contribution in [0.5, 0.6) is 0 Å². The molecule has 2 rings (SSSR count). The topological polar surface area (TPSA) is 55.2 Å². The minimum atomic E-state index is -1.39. The first-order valence-corrected chi connectivity index (χ1v) is 6.09. The first kappa shape index (κ1) is 8.37. The number of hydrogen-bond acceptors (Lipinski definition) is 3. The normalized spacial score (nSPS) is 26.4. The van der Waals surface area contributed by atoms with Crippen LogP contribution < -0.4 is 0 Å². The number of hydrogen-bond donors (Lipinski definition) is 0. The average Bonchev–Trinajstić information content (AvgIpc) is 2.02. The molecule has 1 aliphatic heterocycles. The van der Waals surface area contributed by atoms with Crippen LogP contribution in [0.15, 0.2) is 16.6 Å². The summed E-state index contributed by atoms with van der Waals surface area (Å²) in [7, 11) is -1.39. The van der Waals surface area contributed by atoms with E-state index in [0.717, 1.165) is 11.3 Å². The largest absolute Gasteiger partial charge is 0.303 e. The molecular formula is C8H9N3OS. The van der Waals surface area contributed by atoms with Gasteiger partial charge in [0.05, 0.1) is 0 Å².